The van der Waals surface area contributed by atoms with Crippen molar-refractivity contribution in [3.8, 4) is 0 Å². The van der Waals surface area contributed by atoms with Crippen LogP contribution in [0.3, 0.4) is 0 Å². The number of hydrogen-bond donors (Lipinski definition) is 7. The molecule has 162 valence electrons. The zero-order valence-corrected chi connectivity index (χ0v) is 17.4. The maximum Gasteiger partial charge on any atom is 0.325 e. The molecular formula is C17H28N6O5S. The third kappa shape index (κ3) is 7.74. The van der Waals surface area contributed by atoms with Crippen LogP contribution >= 0.6 is 12.6 Å². The summed E-state index contributed by atoms with van der Waals surface area (Å²) in [5.41, 5.74) is 6.25. The predicted molar refractivity (Wildman–Crippen MR) is 108 cm³/mol. The fourth-order valence-corrected chi connectivity index (χ4v) is 2.51. The van der Waals surface area contributed by atoms with Crippen LogP contribution in [-0.4, -0.2) is 68.7 Å². The van der Waals surface area contributed by atoms with Gasteiger partial charge in [-0.2, -0.15) is 12.6 Å². The van der Waals surface area contributed by atoms with Gasteiger partial charge in [0.05, 0.1) is 12.4 Å². The highest BCUT2D eigenvalue weighted by atomic mass is 32.1. The summed E-state index contributed by atoms with van der Waals surface area (Å²) in [5.74, 6) is -3.25. The molecule has 29 heavy (non-hydrogen) atoms. The summed E-state index contributed by atoms with van der Waals surface area (Å²) < 4.78 is 0. The summed E-state index contributed by atoms with van der Waals surface area (Å²) in [7, 11) is 0. The lowest BCUT2D eigenvalue weighted by atomic mass is 10.0. The van der Waals surface area contributed by atoms with Gasteiger partial charge in [0.25, 0.3) is 0 Å². The van der Waals surface area contributed by atoms with E-state index in [1.54, 1.807) is 13.8 Å². The molecule has 0 fully saturated rings. The van der Waals surface area contributed by atoms with Gasteiger partial charge in [-0.3, -0.25) is 19.2 Å². The smallest absolute Gasteiger partial charge is 0.325 e. The van der Waals surface area contributed by atoms with Gasteiger partial charge in [0, 0.05) is 24.1 Å². The van der Waals surface area contributed by atoms with Crippen molar-refractivity contribution in [2.24, 2.45) is 11.7 Å². The summed E-state index contributed by atoms with van der Waals surface area (Å²) in [4.78, 5) is 55.1. The number of aromatic nitrogens is 2. The minimum atomic E-state index is -1.20. The maximum absolute atomic E-state index is 12.8. The first kappa shape index (κ1) is 24.4. The van der Waals surface area contributed by atoms with E-state index in [1.807, 2.05) is 0 Å². The summed E-state index contributed by atoms with van der Waals surface area (Å²) in [6, 6.07) is -4.05. The molecule has 0 aromatic carbocycles. The van der Waals surface area contributed by atoms with Crippen molar-refractivity contribution < 1.29 is 24.3 Å². The third-order valence-corrected chi connectivity index (χ3v) is 4.51. The number of carbonyl (C=O) groups excluding carboxylic acids is 3. The van der Waals surface area contributed by atoms with Gasteiger partial charge in [-0.05, 0) is 12.8 Å². The highest BCUT2D eigenvalue weighted by Crippen LogP contribution is 2.06. The van der Waals surface area contributed by atoms with Crippen molar-refractivity contribution in [3.05, 3.63) is 18.2 Å². The van der Waals surface area contributed by atoms with Crippen molar-refractivity contribution in [2.75, 3.05) is 5.75 Å². The monoisotopic (exact) mass is 428 g/mol. The Kier molecular flexibility index (Phi) is 9.62. The van der Waals surface area contributed by atoms with Crippen molar-refractivity contribution in [3.63, 3.8) is 0 Å². The molecule has 1 rings (SSSR count). The minimum absolute atomic E-state index is 0.0916. The Morgan fingerprint density at radius 3 is 2.28 bits per heavy atom. The minimum Gasteiger partial charge on any atom is -0.480 e. The number of nitrogens with zero attached hydrogens (tertiary/aromatic N) is 1. The number of imidazole rings is 1. The van der Waals surface area contributed by atoms with Gasteiger partial charge in [-0.25, -0.2) is 4.98 Å². The molecule has 1 aromatic heterocycles. The summed E-state index contributed by atoms with van der Waals surface area (Å²) in [6.45, 7) is 4.73. The number of amides is 3. The van der Waals surface area contributed by atoms with Crippen LogP contribution in [0, 0.1) is 5.92 Å². The van der Waals surface area contributed by atoms with Gasteiger partial charge in [0.1, 0.15) is 18.1 Å². The van der Waals surface area contributed by atoms with Gasteiger partial charge in [0.15, 0.2) is 0 Å². The summed E-state index contributed by atoms with van der Waals surface area (Å²) in [6.07, 6.45) is 3.03. The Morgan fingerprint density at radius 1 is 1.14 bits per heavy atom. The van der Waals surface area contributed by atoms with Gasteiger partial charge in [-0.1, -0.05) is 13.8 Å². The Bertz CT molecular complexity index is 711. The van der Waals surface area contributed by atoms with Crippen molar-refractivity contribution >= 4 is 36.3 Å². The molecule has 11 nitrogen and oxygen atoms in total. The Labute approximate surface area is 174 Å². The number of nitrogens with one attached hydrogen (secondary N) is 4. The molecule has 1 aromatic rings. The van der Waals surface area contributed by atoms with Crippen LogP contribution in [0.5, 0.6) is 0 Å². The van der Waals surface area contributed by atoms with Gasteiger partial charge >= 0.3 is 5.97 Å². The standard InChI is InChI=1S/C17H28N6O5S/c1-8(2)13(16(26)21-9(3)17(27)28)23-15(25)12(4-10-5-19-7-20-10)22-14(24)11(18)6-29/h5,7-9,11-13,29H,4,6,18H2,1-3H3,(H,19,20)(H,21,26)(H,22,24)(H,23,25)(H,27,28). The lowest BCUT2D eigenvalue weighted by Crippen LogP contribution is -2.58. The van der Waals surface area contributed by atoms with E-state index in [4.69, 9.17) is 10.8 Å². The fraction of sp³-hybridized carbons (Fsp3) is 0.588. The van der Waals surface area contributed by atoms with Crippen LogP contribution < -0.4 is 21.7 Å². The lowest BCUT2D eigenvalue weighted by molar-refractivity contribution is -0.142. The molecule has 0 aliphatic rings. The average Bonchev–Trinajstić information content (AvgIpc) is 3.16. The summed E-state index contributed by atoms with van der Waals surface area (Å²) >= 11 is 3.97. The van der Waals surface area contributed by atoms with Gasteiger partial charge < -0.3 is 31.8 Å². The molecule has 0 radical (unpaired) electrons. The fourth-order valence-electron chi connectivity index (χ4n) is 2.34. The number of aromatic amines is 1. The topological polar surface area (TPSA) is 179 Å². The van der Waals surface area contributed by atoms with Crippen LogP contribution in [0.4, 0.5) is 0 Å². The molecule has 4 unspecified atom stereocenters. The lowest BCUT2D eigenvalue weighted by Gasteiger charge is -2.26. The van der Waals surface area contributed by atoms with Crippen LogP contribution in [0.15, 0.2) is 12.5 Å². The Balaban J connectivity index is 2.94. The number of hydrogen-bond acceptors (Lipinski definition) is 7. The zero-order chi connectivity index (χ0) is 22.1. The number of carboxylic acids is 1. The number of thiol groups is 1. The molecule has 4 atom stereocenters. The quantitative estimate of drug-likeness (QED) is 0.208. The van der Waals surface area contributed by atoms with Gasteiger partial charge in [-0.15, -0.1) is 0 Å². The van der Waals surface area contributed by atoms with Crippen molar-refractivity contribution in [2.45, 2.75) is 51.4 Å². The second-order valence-electron chi connectivity index (χ2n) is 6.93. The maximum atomic E-state index is 12.8. The molecular weight excluding hydrogens is 400 g/mol. The van der Waals surface area contributed by atoms with E-state index in [0.29, 0.717) is 5.69 Å². The zero-order valence-electron chi connectivity index (χ0n) is 16.5. The molecule has 7 N–H and O–H groups in total. The number of H-pyrrole nitrogens is 1. The normalized spacial score (nSPS) is 15.1. The highest BCUT2D eigenvalue weighted by molar-refractivity contribution is 7.80. The molecule has 0 saturated carbocycles. The molecule has 3 amide bonds. The van der Waals surface area contributed by atoms with E-state index >= 15 is 0 Å². The number of aliphatic carboxylic acids is 1. The number of rotatable bonds is 11. The van der Waals surface area contributed by atoms with E-state index in [-0.39, 0.29) is 18.1 Å². The summed E-state index contributed by atoms with van der Waals surface area (Å²) in [5, 5.41) is 16.4. The Hall–Kier alpha value is -2.60. The van der Waals surface area contributed by atoms with Crippen molar-refractivity contribution in [1.29, 1.82) is 0 Å². The molecule has 0 aliphatic carbocycles. The van der Waals surface area contributed by atoms with Gasteiger partial charge in [0.2, 0.25) is 17.7 Å². The first-order chi connectivity index (χ1) is 13.6. The second-order valence-corrected chi connectivity index (χ2v) is 7.30. The van der Waals surface area contributed by atoms with E-state index < -0.39 is 47.9 Å². The first-order valence-electron chi connectivity index (χ1n) is 9.04. The van der Waals surface area contributed by atoms with E-state index in [2.05, 4.69) is 38.5 Å². The molecule has 0 aliphatic heterocycles. The van der Waals surface area contributed by atoms with E-state index in [1.165, 1.54) is 19.4 Å². The number of carboxylic acid groups (broad SMARTS) is 1. The molecule has 12 heteroatoms. The number of nitrogens with two attached hydrogens (primary N) is 1. The van der Waals surface area contributed by atoms with Crippen LogP contribution in [0.1, 0.15) is 26.5 Å². The van der Waals surface area contributed by atoms with Crippen LogP contribution in [0.2, 0.25) is 0 Å². The third-order valence-electron chi connectivity index (χ3n) is 4.12. The first-order valence-corrected chi connectivity index (χ1v) is 9.67. The van der Waals surface area contributed by atoms with Crippen molar-refractivity contribution in [1.82, 2.24) is 25.9 Å². The highest BCUT2D eigenvalue weighted by Gasteiger charge is 2.31. The molecule has 0 spiro atoms. The van der Waals surface area contributed by atoms with E-state index in [0.717, 1.165) is 0 Å². The average molecular weight is 429 g/mol. The molecule has 0 bridgehead atoms. The largest absolute Gasteiger partial charge is 0.480 e. The SMILES string of the molecule is CC(NC(=O)C(NC(=O)C(Cc1cnc[nH]1)NC(=O)C(N)CS)C(C)C)C(=O)O. The second kappa shape index (κ2) is 11.4. The van der Waals surface area contributed by atoms with E-state index in [9.17, 15) is 19.2 Å². The van der Waals surface area contributed by atoms with Crippen LogP contribution in [0.25, 0.3) is 0 Å². The Morgan fingerprint density at radius 2 is 1.79 bits per heavy atom. The van der Waals surface area contributed by atoms with Crippen LogP contribution in [-0.2, 0) is 25.6 Å². The number of carbonyl (C=O) groups is 4. The molecule has 0 saturated heterocycles. The molecule has 1 heterocycles. The predicted octanol–water partition coefficient (Wildman–Crippen LogP) is -1.58.